The van der Waals surface area contributed by atoms with Crippen LogP contribution in [0.15, 0.2) is 48.7 Å². The third-order valence-corrected chi connectivity index (χ3v) is 7.01. The summed E-state index contributed by atoms with van der Waals surface area (Å²) in [6.07, 6.45) is 7.74. The van der Waals surface area contributed by atoms with E-state index < -0.39 is 0 Å². The molecule has 3 aromatic rings. The van der Waals surface area contributed by atoms with Crippen molar-refractivity contribution < 1.29 is 9.18 Å². The van der Waals surface area contributed by atoms with E-state index in [1.807, 2.05) is 23.2 Å². The molecule has 5 rings (SSSR count). The zero-order chi connectivity index (χ0) is 21.2. The van der Waals surface area contributed by atoms with Gasteiger partial charge in [0.05, 0.1) is 0 Å². The molecule has 1 fully saturated rings. The van der Waals surface area contributed by atoms with E-state index in [2.05, 4.69) is 28.1 Å². The normalized spacial score (nSPS) is 17.4. The van der Waals surface area contributed by atoms with Crippen molar-refractivity contribution in [2.75, 3.05) is 31.1 Å². The lowest BCUT2D eigenvalue weighted by atomic mass is 9.89. The summed E-state index contributed by atoms with van der Waals surface area (Å²) in [5, 5.41) is 0.771. The number of piperidine rings is 1. The standard InChI is InChI=1S/C26H30FN3O.ClH/c27-22-7-5-8-23-26(22)21(18-28-23)19-12-16-29(17-13-19)14-3-4-15-30-24-9-2-1-6-20(24)10-11-25(30)31;/h1-2,5-9,18-19,28H,3-4,10-17H2;1H. The molecule has 1 aromatic heterocycles. The molecule has 4 nitrogen and oxygen atoms in total. The average molecular weight is 456 g/mol. The molecule has 2 aromatic carbocycles. The Balaban J connectivity index is 0.00000245. The first-order valence-electron chi connectivity index (χ1n) is 11.6. The number of H-pyrrole nitrogens is 1. The van der Waals surface area contributed by atoms with Crippen molar-refractivity contribution in [3.63, 3.8) is 0 Å². The number of carbonyl (C=O) groups excluding carboxylic acids is 1. The van der Waals surface area contributed by atoms with Crippen molar-refractivity contribution in [1.29, 1.82) is 0 Å². The van der Waals surface area contributed by atoms with E-state index in [0.29, 0.717) is 12.3 Å². The minimum absolute atomic E-state index is 0. The molecule has 170 valence electrons. The molecule has 2 aliphatic heterocycles. The van der Waals surface area contributed by atoms with Crippen LogP contribution in [0.5, 0.6) is 0 Å². The van der Waals surface area contributed by atoms with Gasteiger partial charge in [-0.1, -0.05) is 24.3 Å². The second-order valence-electron chi connectivity index (χ2n) is 8.90. The lowest BCUT2D eigenvalue weighted by Crippen LogP contribution is -2.37. The number of likely N-dealkylation sites (tertiary alicyclic amines) is 1. The Kier molecular flexibility index (Phi) is 7.17. The van der Waals surface area contributed by atoms with E-state index in [1.165, 1.54) is 5.56 Å². The summed E-state index contributed by atoms with van der Waals surface area (Å²) >= 11 is 0. The van der Waals surface area contributed by atoms with E-state index in [9.17, 15) is 9.18 Å². The van der Waals surface area contributed by atoms with Gasteiger partial charge in [-0.25, -0.2) is 4.39 Å². The summed E-state index contributed by atoms with van der Waals surface area (Å²) < 4.78 is 14.3. The lowest BCUT2D eigenvalue weighted by Gasteiger charge is -2.32. The summed E-state index contributed by atoms with van der Waals surface area (Å²) in [4.78, 5) is 20.1. The fraction of sp³-hybridized carbons (Fsp3) is 0.423. The van der Waals surface area contributed by atoms with Gasteiger partial charge in [0.2, 0.25) is 5.91 Å². The third-order valence-electron chi connectivity index (χ3n) is 7.01. The highest BCUT2D eigenvalue weighted by Crippen LogP contribution is 2.34. The number of rotatable bonds is 6. The molecule has 0 spiro atoms. The fourth-order valence-corrected chi connectivity index (χ4v) is 5.30. The first-order chi connectivity index (χ1) is 15.2. The number of hydrogen-bond acceptors (Lipinski definition) is 2. The topological polar surface area (TPSA) is 39.3 Å². The number of anilines is 1. The largest absolute Gasteiger partial charge is 0.361 e. The molecule has 1 amide bonds. The Morgan fingerprint density at radius 1 is 0.969 bits per heavy atom. The molecule has 6 heteroatoms. The van der Waals surface area contributed by atoms with Crippen LogP contribution in [0.25, 0.3) is 10.9 Å². The van der Waals surface area contributed by atoms with E-state index in [0.717, 1.165) is 80.4 Å². The molecule has 1 saturated heterocycles. The maximum Gasteiger partial charge on any atom is 0.227 e. The number of amides is 1. The molecule has 0 atom stereocenters. The Morgan fingerprint density at radius 3 is 2.59 bits per heavy atom. The van der Waals surface area contributed by atoms with Crippen LogP contribution in [0.4, 0.5) is 10.1 Å². The molecule has 2 aliphatic rings. The van der Waals surface area contributed by atoms with Gasteiger partial charge in [-0.2, -0.15) is 0 Å². The lowest BCUT2D eigenvalue weighted by molar-refractivity contribution is -0.118. The van der Waals surface area contributed by atoms with Crippen LogP contribution >= 0.6 is 12.4 Å². The average Bonchev–Trinajstić information content (AvgIpc) is 3.24. The van der Waals surface area contributed by atoms with Gasteiger partial charge in [-0.05, 0) is 87.0 Å². The number of halogens is 2. The second-order valence-corrected chi connectivity index (χ2v) is 8.90. The van der Waals surface area contributed by atoms with Gasteiger partial charge in [0.1, 0.15) is 5.82 Å². The maximum absolute atomic E-state index is 14.3. The molecule has 0 unspecified atom stereocenters. The zero-order valence-electron chi connectivity index (χ0n) is 18.4. The third kappa shape index (κ3) is 4.55. The highest BCUT2D eigenvalue weighted by molar-refractivity contribution is 5.96. The van der Waals surface area contributed by atoms with Gasteiger partial charge >= 0.3 is 0 Å². The molecule has 0 aliphatic carbocycles. The maximum atomic E-state index is 14.3. The number of nitrogens with zero attached hydrogens (tertiary/aromatic N) is 2. The highest BCUT2D eigenvalue weighted by Gasteiger charge is 2.25. The van der Waals surface area contributed by atoms with Gasteiger partial charge in [0.15, 0.2) is 0 Å². The molecule has 0 radical (unpaired) electrons. The Bertz CT molecular complexity index is 1070. The van der Waals surface area contributed by atoms with Crippen LogP contribution < -0.4 is 4.90 Å². The number of aryl methyl sites for hydroxylation is 1. The number of nitrogens with one attached hydrogen (secondary N) is 1. The SMILES string of the molecule is Cl.O=C1CCc2ccccc2N1CCCCN1CCC(c2c[nH]c3cccc(F)c23)CC1. The van der Waals surface area contributed by atoms with E-state index >= 15 is 0 Å². The van der Waals surface area contributed by atoms with Gasteiger partial charge in [0, 0.05) is 35.8 Å². The molecule has 32 heavy (non-hydrogen) atoms. The smallest absolute Gasteiger partial charge is 0.227 e. The molecule has 1 N–H and O–H groups in total. The van der Waals surface area contributed by atoms with E-state index in [-0.39, 0.29) is 24.1 Å². The predicted molar refractivity (Wildman–Crippen MR) is 130 cm³/mol. The van der Waals surface area contributed by atoms with Crippen LogP contribution in [-0.2, 0) is 11.2 Å². The predicted octanol–water partition coefficient (Wildman–Crippen LogP) is 5.67. The summed E-state index contributed by atoms with van der Waals surface area (Å²) in [7, 11) is 0. The number of benzene rings is 2. The first-order valence-corrected chi connectivity index (χ1v) is 11.6. The molecule has 3 heterocycles. The number of hydrogen-bond donors (Lipinski definition) is 1. The van der Waals surface area contributed by atoms with Gasteiger partial charge < -0.3 is 14.8 Å². The molecule has 0 bridgehead atoms. The first kappa shape index (κ1) is 22.8. The van der Waals surface area contributed by atoms with Crippen LogP contribution in [0.2, 0.25) is 0 Å². The van der Waals surface area contributed by atoms with Gasteiger partial charge in [0.25, 0.3) is 0 Å². The van der Waals surface area contributed by atoms with E-state index in [4.69, 9.17) is 0 Å². The Morgan fingerprint density at radius 2 is 1.75 bits per heavy atom. The van der Waals surface area contributed by atoms with Crippen molar-refractivity contribution in [3.8, 4) is 0 Å². The molecular formula is C26H31ClFN3O. The van der Waals surface area contributed by atoms with Gasteiger partial charge in [-0.15, -0.1) is 12.4 Å². The van der Waals surface area contributed by atoms with Crippen LogP contribution in [-0.4, -0.2) is 42.0 Å². The number of aromatic nitrogens is 1. The van der Waals surface area contributed by atoms with E-state index in [1.54, 1.807) is 12.1 Å². The van der Waals surface area contributed by atoms with Crippen molar-refractivity contribution >= 4 is 34.9 Å². The van der Waals surface area contributed by atoms with Crippen molar-refractivity contribution in [1.82, 2.24) is 9.88 Å². The van der Waals surface area contributed by atoms with Crippen molar-refractivity contribution in [3.05, 3.63) is 65.6 Å². The van der Waals surface area contributed by atoms with Crippen LogP contribution in [0.1, 0.15) is 49.1 Å². The van der Waals surface area contributed by atoms with Crippen molar-refractivity contribution in [2.24, 2.45) is 0 Å². The quantitative estimate of drug-likeness (QED) is 0.486. The molecule has 0 saturated carbocycles. The second kappa shape index (κ2) is 10.1. The summed E-state index contributed by atoms with van der Waals surface area (Å²) in [5.41, 5.74) is 4.42. The summed E-state index contributed by atoms with van der Waals surface area (Å²) in [6.45, 7) is 3.98. The van der Waals surface area contributed by atoms with Gasteiger partial charge in [-0.3, -0.25) is 4.79 Å². The Labute approximate surface area is 195 Å². The number of aromatic amines is 1. The number of carbonyl (C=O) groups is 1. The van der Waals surface area contributed by atoms with Crippen molar-refractivity contribution in [2.45, 2.75) is 44.4 Å². The minimum atomic E-state index is -0.120. The number of fused-ring (bicyclic) bond motifs is 2. The zero-order valence-corrected chi connectivity index (χ0v) is 19.2. The molecular weight excluding hydrogens is 425 g/mol. The fourth-order valence-electron chi connectivity index (χ4n) is 5.30. The number of unbranched alkanes of at least 4 members (excludes halogenated alkanes) is 1. The summed E-state index contributed by atoms with van der Waals surface area (Å²) in [5.74, 6) is 0.555. The van der Waals surface area contributed by atoms with Crippen LogP contribution in [0.3, 0.4) is 0 Å². The monoisotopic (exact) mass is 455 g/mol. The summed E-state index contributed by atoms with van der Waals surface area (Å²) in [6, 6.07) is 13.6. The minimum Gasteiger partial charge on any atom is -0.361 e. The highest BCUT2D eigenvalue weighted by atomic mass is 35.5. The van der Waals surface area contributed by atoms with Crippen LogP contribution in [0, 0.1) is 5.82 Å². The Hall–Kier alpha value is -2.37. The number of para-hydroxylation sites is 1.